The zero-order valence-corrected chi connectivity index (χ0v) is 17.8. The number of benzene rings is 4. The molecule has 2 heterocycles. The summed E-state index contributed by atoms with van der Waals surface area (Å²) in [6, 6.07) is 25.2. The Bertz CT molecular complexity index is 1630. The van der Waals surface area contributed by atoms with Crippen molar-refractivity contribution >= 4 is 43.6 Å². The summed E-state index contributed by atoms with van der Waals surface area (Å²) in [4.78, 5) is 10.1. The topological polar surface area (TPSA) is 38.9 Å². The number of furan rings is 1. The first kappa shape index (κ1) is 18.1. The largest absolute Gasteiger partial charge is 0.455 e. The van der Waals surface area contributed by atoms with Gasteiger partial charge in [-0.15, -0.1) is 0 Å². The minimum atomic E-state index is 0.220. The highest BCUT2D eigenvalue weighted by Crippen LogP contribution is 2.39. The van der Waals surface area contributed by atoms with Gasteiger partial charge in [0.15, 0.2) is 0 Å². The fraction of sp³-hybridized carbons (Fsp3) is 0.143. The highest BCUT2D eigenvalue weighted by atomic mass is 16.3. The number of hydrogen-bond acceptors (Lipinski definition) is 3. The Balaban J connectivity index is 1.79. The van der Waals surface area contributed by atoms with Crippen molar-refractivity contribution in [2.75, 3.05) is 0 Å². The van der Waals surface area contributed by atoms with E-state index >= 15 is 0 Å². The van der Waals surface area contributed by atoms with Gasteiger partial charge in [-0.1, -0.05) is 68.4 Å². The van der Waals surface area contributed by atoms with Crippen LogP contribution < -0.4 is 0 Å². The summed E-state index contributed by atoms with van der Waals surface area (Å²) in [6.07, 6.45) is 0. The Morgan fingerprint density at radius 2 is 1.42 bits per heavy atom. The summed E-state index contributed by atoms with van der Waals surface area (Å²) in [6.45, 7) is 6.44. The van der Waals surface area contributed by atoms with Gasteiger partial charge < -0.3 is 4.42 Å². The molecule has 6 aromatic rings. The third-order valence-electron chi connectivity index (χ3n) is 6.11. The number of para-hydroxylation sites is 2. The zero-order valence-electron chi connectivity index (χ0n) is 17.8. The Kier molecular flexibility index (Phi) is 3.87. The Hall–Kier alpha value is -3.72. The van der Waals surface area contributed by atoms with Gasteiger partial charge >= 0.3 is 0 Å². The van der Waals surface area contributed by atoms with Crippen molar-refractivity contribution in [1.29, 1.82) is 0 Å². The van der Waals surface area contributed by atoms with Gasteiger partial charge in [0, 0.05) is 33.0 Å². The normalized spacial score (nSPS) is 12.0. The van der Waals surface area contributed by atoms with Crippen LogP contribution >= 0.6 is 0 Å². The Labute approximate surface area is 180 Å². The smallest absolute Gasteiger partial charge is 0.144 e. The lowest BCUT2D eigenvalue weighted by Gasteiger charge is -2.14. The molecule has 0 N–H and O–H groups in total. The van der Waals surface area contributed by atoms with Crippen molar-refractivity contribution in [3.8, 4) is 11.3 Å². The second-order valence-corrected chi connectivity index (χ2v) is 8.50. The van der Waals surface area contributed by atoms with E-state index in [1.165, 1.54) is 16.3 Å². The zero-order chi connectivity index (χ0) is 21.1. The molecule has 0 bridgehead atoms. The van der Waals surface area contributed by atoms with Crippen LogP contribution in [0.1, 0.15) is 31.2 Å². The lowest BCUT2D eigenvalue weighted by molar-refractivity contribution is 0.669. The molecule has 0 aliphatic heterocycles. The monoisotopic (exact) mass is 402 g/mol. The van der Waals surface area contributed by atoms with E-state index in [1.807, 2.05) is 12.1 Å². The van der Waals surface area contributed by atoms with Crippen molar-refractivity contribution in [2.24, 2.45) is 0 Å². The predicted octanol–water partition coefficient (Wildman–Crippen LogP) is 7.78. The van der Waals surface area contributed by atoms with Crippen LogP contribution in [0.2, 0.25) is 0 Å². The molecule has 3 heteroatoms. The molecule has 0 aliphatic carbocycles. The summed E-state index contributed by atoms with van der Waals surface area (Å²) in [5.74, 6) is 1.07. The van der Waals surface area contributed by atoms with E-state index in [0.717, 1.165) is 49.9 Å². The third-order valence-corrected chi connectivity index (χ3v) is 6.11. The molecule has 0 aliphatic rings. The molecule has 0 saturated heterocycles. The van der Waals surface area contributed by atoms with E-state index in [2.05, 4.69) is 81.4 Å². The maximum atomic E-state index is 6.34. The Morgan fingerprint density at radius 3 is 2.23 bits per heavy atom. The molecule has 3 nitrogen and oxygen atoms in total. The van der Waals surface area contributed by atoms with Gasteiger partial charge in [0.25, 0.3) is 0 Å². The van der Waals surface area contributed by atoms with Crippen LogP contribution in [0.15, 0.2) is 77.2 Å². The molecule has 0 fully saturated rings. The number of rotatable bonds is 2. The van der Waals surface area contributed by atoms with E-state index < -0.39 is 0 Å². The minimum Gasteiger partial charge on any atom is -0.455 e. The molecule has 150 valence electrons. The lowest BCUT2D eigenvalue weighted by Crippen LogP contribution is -2.01. The first-order chi connectivity index (χ1) is 15.1. The number of hydrogen-bond donors (Lipinski definition) is 0. The van der Waals surface area contributed by atoms with Crippen molar-refractivity contribution in [1.82, 2.24) is 9.97 Å². The molecule has 0 amide bonds. The summed E-state index contributed by atoms with van der Waals surface area (Å²) in [5.41, 5.74) is 5.95. The standard InChI is InChI=1S/C28H22N2O/c1-16(2)28-29-25-20-11-5-4-9-18(20)17(3)15-23(25)26(30-28)22-13-8-12-21-19-10-6-7-14-24(19)31-27(21)22/h4-16H,1-3H3. The molecule has 0 spiro atoms. The van der Waals surface area contributed by atoms with E-state index in [0.29, 0.717) is 0 Å². The first-order valence-electron chi connectivity index (χ1n) is 10.7. The molecule has 6 rings (SSSR count). The summed E-state index contributed by atoms with van der Waals surface area (Å²) in [7, 11) is 0. The van der Waals surface area contributed by atoms with Crippen LogP contribution in [0.3, 0.4) is 0 Å². The lowest BCUT2D eigenvalue weighted by atomic mass is 9.97. The number of aryl methyl sites for hydroxylation is 1. The van der Waals surface area contributed by atoms with Gasteiger partial charge in [-0.25, -0.2) is 9.97 Å². The van der Waals surface area contributed by atoms with Gasteiger partial charge in [0.05, 0.1) is 11.2 Å². The minimum absolute atomic E-state index is 0.220. The average Bonchev–Trinajstić information content (AvgIpc) is 3.18. The molecule has 2 aromatic heterocycles. The van der Waals surface area contributed by atoms with E-state index in [-0.39, 0.29) is 5.92 Å². The molecule has 4 aromatic carbocycles. The molecule has 0 saturated carbocycles. The quantitative estimate of drug-likeness (QED) is 0.278. The highest BCUT2D eigenvalue weighted by Gasteiger charge is 2.19. The summed E-state index contributed by atoms with van der Waals surface area (Å²) in [5, 5.41) is 5.71. The van der Waals surface area contributed by atoms with Crippen LogP contribution in [0.4, 0.5) is 0 Å². The Morgan fingerprint density at radius 1 is 0.710 bits per heavy atom. The second-order valence-electron chi connectivity index (χ2n) is 8.50. The number of nitrogens with zero attached hydrogens (tertiary/aromatic N) is 2. The number of fused-ring (bicyclic) bond motifs is 6. The maximum Gasteiger partial charge on any atom is 0.144 e. The first-order valence-corrected chi connectivity index (χ1v) is 10.7. The number of aromatic nitrogens is 2. The van der Waals surface area contributed by atoms with Gasteiger partial charge in [0.2, 0.25) is 0 Å². The van der Waals surface area contributed by atoms with Crippen LogP contribution in [0, 0.1) is 6.92 Å². The van der Waals surface area contributed by atoms with Crippen molar-refractivity contribution in [3.05, 3.63) is 84.2 Å². The second kappa shape index (κ2) is 6.64. The molecule has 0 radical (unpaired) electrons. The molecule has 0 atom stereocenters. The van der Waals surface area contributed by atoms with Crippen molar-refractivity contribution < 1.29 is 4.42 Å². The molecule has 31 heavy (non-hydrogen) atoms. The van der Waals surface area contributed by atoms with E-state index in [4.69, 9.17) is 14.4 Å². The summed E-state index contributed by atoms with van der Waals surface area (Å²) >= 11 is 0. The van der Waals surface area contributed by atoms with Gasteiger partial charge in [-0.2, -0.15) is 0 Å². The van der Waals surface area contributed by atoms with Crippen molar-refractivity contribution in [3.63, 3.8) is 0 Å². The van der Waals surface area contributed by atoms with Crippen LogP contribution in [-0.2, 0) is 0 Å². The fourth-order valence-corrected chi connectivity index (χ4v) is 4.55. The fourth-order valence-electron chi connectivity index (χ4n) is 4.55. The predicted molar refractivity (Wildman–Crippen MR) is 129 cm³/mol. The van der Waals surface area contributed by atoms with Crippen LogP contribution in [0.25, 0.3) is 54.9 Å². The summed E-state index contributed by atoms with van der Waals surface area (Å²) < 4.78 is 6.34. The van der Waals surface area contributed by atoms with Gasteiger partial charge in [0.1, 0.15) is 17.0 Å². The van der Waals surface area contributed by atoms with E-state index in [9.17, 15) is 0 Å². The third kappa shape index (κ3) is 2.66. The van der Waals surface area contributed by atoms with E-state index in [1.54, 1.807) is 0 Å². The SMILES string of the molecule is Cc1cc2c(-c3cccc4c3oc3ccccc34)nc(C(C)C)nc2c2ccccc12. The molecular weight excluding hydrogens is 380 g/mol. The highest BCUT2D eigenvalue weighted by molar-refractivity contribution is 6.14. The van der Waals surface area contributed by atoms with Gasteiger partial charge in [-0.05, 0) is 36.1 Å². The average molecular weight is 402 g/mol. The van der Waals surface area contributed by atoms with Crippen LogP contribution in [-0.4, -0.2) is 9.97 Å². The molecular formula is C28H22N2O. The maximum absolute atomic E-state index is 6.34. The molecule has 0 unspecified atom stereocenters. The van der Waals surface area contributed by atoms with Crippen molar-refractivity contribution in [2.45, 2.75) is 26.7 Å². The van der Waals surface area contributed by atoms with Crippen LogP contribution in [0.5, 0.6) is 0 Å². The van der Waals surface area contributed by atoms with Gasteiger partial charge in [-0.3, -0.25) is 0 Å².